The lowest BCUT2D eigenvalue weighted by atomic mass is 9.97. The first-order valence-corrected chi connectivity index (χ1v) is 7.12. The van der Waals surface area contributed by atoms with Crippen LogP contribution in [0.15, 0.2) is 36.9 Å². The SMILES string of the molecule is C=CC(CN(CC)CCCC)c1ccc(C)cc1. The van der Waals surface area contributed by atoms with Gasteiger partial charge in [0.15, 0.2) is 0 Å². The first kappa shape index (κ1) is 15.0. The topological polar surface area (TPSA) is 3.24 Å². The number of hydrogen-bond acceptors (Lipinski definition) is 1. The zero-order chi connectivity index (χ0) is 13.4. The Balaban J connectivity index is 2.65. The van der Waals surface area contributed by atoms with E-state index in [0.29, 0.717) is 5.92 Å². The summed E-state index contributed by atoms with van der Waals surface area (Å²) in [6.45, 7) is 14.0. The molecule has 100 valence electrons. The summed E-state index contributed by atoms with van der Waals surface area (Å²) in [5.41, 5.74) is 2.70. The highest BCUT2D eigenvalue weighted by Gasteiger charge is 2.11. The molecule has 0 bridgehead atoms. The zero-order valence-corrected chi connectivity index (χ0v) is 12.2. The molecule has 0 N–H and O–H groups in total. The van der Waals surface area contributed by atoms with Crippen molar-refractivity contribution in [3.05, 3.63) is 48.0 Å². The summed E-state index contributed by atoms with van der Waals surface area (Å²) in [4.78, 5) is 2.52. The van der Waals surface area contributed by atoms with E-state index in [1.807, 2.05) is 0 Å². The Kier molecular flexibility index (Phi) is 6.74. The van der Waals surface area contributed by atoms with Crippen LogP contribution in [0.3, 0.4) is 0 Å². The van der Waals surface area contributed by atoms with Gasteiger partial charge >= 0.3 is 0 Å². The Morgan fingerprint density at radius 1 is 1.22 bits per heavy atom. The Hall–Kier alpha value is -1.08. The number of nitrogens with zero attached hydrogens (tertiary/aromatic N) is 1. The third kappa shape index (κ3) is 4.66. The van der Waals surface area contributed by atoms with E-state index >= 15 is 0 Å². The fraction of sp³-hybridized carbons (Fsp3) is 0.529. The van der Waals surface area contributed by atoms with Crippen LogP contribution in [0.25, 0.3) is 0 Å². The van der Waals surface area contributed by atoms with E-state index in [1.54, 1.807) is 0 Å². The molecule has 1 unspecified atom stereocenters. The summed E-state index contributed by atoms with van der Waals surface area (Å²) >= 11 is 0. The predicted octanol–water partition coefficient (Wildman–Crippen LogP) is 4.39. The van der Waals surface area contributed by atoms with E-state index in [-0.39, 0.29) is 0 Å². The lowest BCUT2D eigenvalue weighted by molar-refractivity contribution is 0.277. The Bertz CT molecular complexity index is 339. The molecule has 0 amide bonds. The summed E-state index contributed by atoms with van der Waals surface area (Å²) in [7, 11) is 0. The molecule has 0 saturated carbocycles. The van der Waals surface area contributed by atoms with Crippen LogP contribution in [0.1, 0.15) is 43.7 Å². The van der Waals surface area contributed by atoms with Crippen molar-refractivity contribution in [3.63, 3.8) is 0 Å². The molecule has 1 nitrogen and oxygen atoms in total. The minimum atomic E-state index is 0.447. The number of unbranched alkanes of at least 4 members (excludes halogenated alkanes) is 1. The molecule has 1 heteroatoms. The van der Waals surface area contributed by atoms with Crippen molar-refractivity contribution in [3.8, 4) is 0 Å². The van der Waals surface area contributed by atoms with Crippen LogP contribution in [-0.2, 0) is 0 Å². The molecule has 0 aliphatic rings. The lowest BCUT2D eigenvalue weighted by Crippen LogP contribution is -2.29. The van der Waals surface area contributed by atoms with Gasteiger partial charge < -0.3 is 4.90 Å². The third-order valence-corrected chi connectivity index (χ3v) is 3.52. The zero-order valence-electron chi connectivity index (χ0n) is 12.2. The number of rotatable bonds is 8. The summed E-state index contributed by atoms with van der Waals surface area (Å²) in [5, 5.41) is 0. The summed E-state index contributed by atoms with van der Waals surface area (Å²) in [6.07, 6.45) is 4.63. The van der Waals surface area contributed by atoms with Crippen LogP contribution in [0.2, 0.25) is 0 Å². The Morgan fingerprint density at radius 3 is 2.39 bits per heavy atom. The van der Waals surface area contributed by atoms with Crippen LogP contribution in [0.4, 0.5) is 0 Å². The standard InChI is InChI=1S/C17H27N/c1-5-8-13-18(7-3)14-16(6-2)17-11-9-15(4)10-12-17/h6,9-12,16H,2,5,7-8,13-14H2,1,3-4H3. The van der Waals surface area contributed by atoms with Crippen molar-refractivity contribution in [2.75, 3.05) is 19.6 Å². The maximum atomic E-state index is 4.00. The molecule has 0 aromatic heterocycles. The smallest absolute Gasteiger partial charge is 0.0143 e. The lowest BCUT2D eigenvalue weighted by Gasteiger charge is -2.25. The van der Waals surface area contributed by atoms with Crippen molar-refractivity contribution in [2.24, 2.45) is 0 Å². The molecule has 1 rings (SSSR count). The molecular weight excluding hydrogens is 218 g/mol. The van der Waals surface area contributed by atoms with E-state index < -0.39 is 0 Å². The first-order valence-electron chi connectivity index (χ1n) is 7.12. The number of aryl methyl sites for hydroxylation is 1. The van der Waals surface area contributed by atoms with Crippen LogP contribution >= 0.6 is 0 Å². The molecule has 18 heavy (non-hydrogen) atoms. The number of likely N-dealkylation sites (N-methyl/N-ethyl adjacent to an activating group) is 1. The third-order valence-electron chi connectivity index (χ3n) is 3.52. The van der Waals surface area contributed by atoms with Crippen LogP contribution in [-0.4, -0.2) is 24.5 Å². The van der Waals surface area contributed by atoms with Gasteiger partial charge in [0.05, 0.1) is 0 Å². The summed E-state index contributed by atoms with van der Waals surface area (Å²) < 4.78 is 0. The van der Waals surface area contributed by atoms with Crippen molar-refractivity contribution in [2.45, 2.75) is 39.5 Å². The van der Waals surface area contributed by atoms with Gasteiger partial charge in [0.2, 0.25) is 0 Å². The molecular formula is C17H27N. The highest BCUT2D eigenvalue weighted by molar-refractivity contribution is 5.27. The molecule has 0 aliphatic carbocycles. The predicted molar refractivity (Wildman–Crippen MR) is 81.1 cm³/mol. The van der Waals surface area contributed by atoms with Gasteiger partial charge in [-0.2, -0.15) is 0 Å². The molecule has 0 saturated heterocycles. The van der Waals surface area contributed by atoms with Gasteiger partial charge in [-0.05, 0) is 32.0 Å². The second kappa shape index (κ2) is 8.10. The largest absolute Gasteiger partial charge is 0.303 e. The van der Waals surface area contributed by atoms with Crippen LogP contribution < -0.4 is 0 Å². The minimum absolute atomic E-state index is 0.447. The van der Waals surface area contributed by atoms with E-state index in [1.165, 1.54) is 30.5 Å². The van der Waals surface area contributed by atoms with Gasteiger partial charge in [-0.25, -0.2) is 0 Å². The normalized spacial score (nSPS) is 12.7. The van der Waals surface area contributed by atoms with Gasteiger partial charge in [0.25, 0.3) is 0 Å². The van der Waals surface area contributed by atoms with Gasteiger partial charge in [0.1, 0.15) is 0 Å². The first-order chi connectivity index (χ1) is 8.71. The van der Waals surface area contributed by atoms with Crippen molar-refractivity contribution in [1.82, 2.24) is 4.90 Å². The van der Waals surface area contributed by atoms with Gasteiger partial charge in [-0.3, -0.25) is 0 Å². The number of benzene rings is 1. The highest BCUT2D eigenvalue weighted by Crippen LogP contribution is 2.19. The van der Waals surface area contributed by atoms with Crippen molar-refractivity contribution in [1.29, 1.82) is 0 Å². The van der Waals surface area contributed by atoms with Crippen molar-refractivity contribution < 1.29 is 0 Å². The Labute approximate surface area is 113 Å². The second-order valence-electron chi connectivity index (χ2n) is 5.00. The van der Waals surface area contributed by atoms with Crippen molar-refractivity contribution >= 4 is 0 Å². The van der Waals surface area contributed by atoms with Crippen LogP contribution in [0, 0.1) is 6.92 Å². The molecule has 0 fully saturated rings. The van der Waals surface area contributed by atoms with E-state index in [2.05, 4.69) is 62.6 Å². The molecule has 0 aliphatic heterocycles. The second-order valence-corrected chi connectivity index (χ2v) is 5.00. The maximum Gasteiger partial charge on any atom is 0.0143 e. The maximum absolute atomic E-state index is 4.00. The molecule has 0 heterocycles. The summed E-state index contributed by atoms with van der Waals surface area (Å²) in [6, 6.07) is 8.84. The number of hydrogen-bond donors (Lipinski definition) is 0. The molecule has 0 spiro atoms. The molecule has 1 aromatic carbocycles. The van der Waals surface area contributed by atoms with Gasteiger partial charge in [-0.15, -0.1) is 6.58 Å². The Morgan fingerprint density at radius 2 is 1.89 bits per heavy atom. The van der Waals surface area contributed by atoms with Crippen LogP contribution in [0.5, 0.6) is 0 Å². The monoisotopic (exact) mass is 245 g/mol. The van der Waals surface area contributed by atoms with E-state index in [4.69, 9.17) is 0 Å². The average Bonchev–Trinajstić information content (AvgIpc) is 2.40. The molecule has 1 atom stereocenters. The average molecular weight is 245 g/mol. The minimum Gasteiger partial charge on any atom is -0.303 e. The van der Waals surface area contributed by atoms with Gasteiger partial charge in [0, 0.05) is 12.5 Å². The quantitative estimate of drug-likeness (QED) is 0.614. The fourth-order valence-electron chi connectivity index (χ4n) is 2.17. The summed E-state index contributed by atoms with van der Waals surface area (Å²) in [5.74, 6) is 0.447. The molecule has 1 aromatic rings. The highest BCUT2D eigenvalue weighted by atomic mass is 15.1. The molecule has 0 radical (unpaired) electrons. The van der Waals surface area contributed by atoms with E-state index in [9.17, 15) is 0 Å². The van der Waals surface area contributed by atoms with Gasteiger partial charge in [-0.1, -0.05) is 56.2 Å². The van der Waals surface area contributed by atoms with E-state index in [0.717, 1.165) is 13.1 Å². The fourth-order valence-corrected chi connectivity index (χ4v) is 2.17.